The molecule has 2 aromatic carbocycles. The van der Waals surface area contributed by atoms with Gasteiger partial charge in [-0.05, 0) is 30.2 Å². The lowest BCUT2D eigenvalue weighted by atomic mass is 10.1. The Morgan fingerprint density at radius 2 is 2.00 bits per heavy atom. The van der Waals surface area contributed by atoms with Crippen LogP contribution in [0.4, 0.5) is 15.8 Å². The molecule has 2 amide bonds. The van der Waals surface area contributed by atoms with E-state index in [2.05, 4.69) is 16.9 Å². The summed E-state index contributed by atoms with van der Waals surface area (Å²) in [5.74, 6) is -1.14. The smallest absolute Gasteiger partial charge is 0.242 e. The first kappa shape index (κ1) is 20.8. The van der Waals surface area contributed by atoms with Crippen LogP contribution in [0.15, 0.2) is 66.2 Å². The number of hydrogen-bond acceptors (Lipinski definition) is 4. The number of carbonyl (C=O) groups excluding carboxylic acids is 2. The standard InChI is InChI=1S/C22H22FN3O2S/c1-3-13-26-21(28)19(14-20(27)24-18-12-8-6-10-16(18)23)29-22(26)25-17-11-7-5-9-15(17)4-2/h3,5-12,19H,1,4,13-14H2,2H3,(H,24,27)/t19-/m1/s1. The van der Waals surface area contributed by atoms with Gasteiger partial charge in [0.2, 0.25) is 11.8 Å². The molecule has 0 bridgehead atoms. The van der Waals surface area contributed by atoms with Crippen molar-refractivity contribution in [2.75, 3.05) is 11.9 Å². The number of nitrogens with zero attached hydrogens (tertiary/aromatic N) is 2. The molecule has 0 spiro atoms. The highest BCUT2D eigenvalue weighted by Crippen LogP contribution is 2.33. The zero-order valence-electron chi connectivity index (χ0n) is 16.1. The van der Waals surface area contributed by atoms with Crippen molar-refractivity contribution >= 4 is 40.1 Å². The summed E-state index contributed by atoms with van der Waals surface area (Å²) >= 11 is 1.25. The maximum atomic E-state index is 13.8. The molecule has 1 heterocycles. The van der Waals surface area contributed by atoms with Gasteiger partial charge in [-0.3, -0.25) is 14.5 Å². The van der Waals surface area contributed by atoms with Crippen molar-refractivity contribution in [3.63, 3.8) is 0 Å². The monoisotopic (exact) mass is 411 g/mol. The summed E-state index contributed by atoms with van der Waals surface area (Å²) in [4.78, 5) is 31.4. The van der Waals surface area contributed by atoms with Crippen molar-refractivity contribution in [3.8, 4) is 0 Å². The van der Waals surface area contributed by atoms with Crippen molar-refractivity contribution in [3.05, 3.63) is 72.6 Å². The molecule has 1 aliphatic heterocycles. The molecule has 2 aromatic rings. The fourth-order valence-electron chi connectivity index (χ4n) is 2.98. The van der Waals surface area contributed by atoms with Crippen molar-refractivity contribution in [1.29, 1.82) is 0 Å². The van der Waals surface area contributed by atoms with Crippen LogP contribution in [0.25, 0.3) is 0 Å². The van der Waals surface area contributed by atoms with Gasteiger partial charge >= 0.3 is 0 Å². The van der Waals surface area contributed by atoms with E-state index in [9.17, 15) is 14.0 Å². The second-order valence-corrected chi connectivity index (χ2v) is 7.62. The minimum atomic E-state index is -0.616. The van der Waals surface area contributed by atoms with Gasteiger partial charge in [-0.1, -0.05) is 55.1 Å². The number of anilines is 1. The van der Waals surface area contributed by atoms with Crippen molar-refractivity contribution in [1.82, 2.24) is 4.90 Å². The molecular formula is C22H22FN3O2S. The average molecular weight is 412 g/mol. The van der Waals surface area contributed by atoms with Crippen molar-refractivity contribution < 1.29 is 14.0 Å². The number of nitrogens with one attached hydrogen (secondary N) is 1. The molecule has 1 N–H and O–H groups in total. The third-order valence-corrected chi connectivity index (χ3v) is 5.61. The van der Waals surface area contributed by atoms with Gasteiger partial charge in [-0.15, -0.1) is 6.58 Å². The Kier molecular flexibility index (Phi) is 6.82. The Bertz CT molecular complexity index is 961. The van der Waals surface area contributed by atoms with Crippen LogP contribution in [-0.4, -0.2) is 33.7 Å². The number of rotatable bonds is 7. The van der Waals surface area contributed by atoms with Crippen LogP contribution in [0, 0.1) is 5.82 Å². The minimum Gasteiger partial charge on any atom is -0.324 e. The number of para-hydroxylation sites is 2. The van der Waals surface area contributed by atoms with Gasteiger partial charge in [-0.25, -0.2) is 9.38 Å². The summed E-state index contributed by atoms with van der Waals surface area (Å²) < 4.78 is 13.8. The summed E-state index contributed by atoms with van der Waals surface area (Å²) in [6.45, 7) is 6.06. The number of thioether (sulfide) groups is 1. The van der Waals surface area contributed by atoms with Gasteiger partial charge in [0.15, 0.2) is 5.17 Å². The lowest BCUT2D eigenvalue weighted by Crippen LogP contribution is -2.33. The number of benzene rings is 2. The first-order valence-electron chi connectivity index (χ1n) is 9.33. The summed E-state index contributed by atoms with van der Waals surface area (Å²) in [6, 6.07) is 13.7. The Morgan fingerprint density at radius 3 is 2.72 bits per heavy atom. The molecule has 1 saturated heterocycles. The van der Waals surface area contributed by atoms with E-state index in [1.165, 1.54) is 28.8 Å². The molecule has 150 valence electrons. The zero-order valence-corrected chi connectivity index (χ0v) is 16.9. The van der Waals surface area contributed by atoms with Gasteiger partial charge in [0.1, 0.15) is 11.1 Å². The number of aliphatic imine (C=N–C) groups is 1. The molecule has 0 saturated carbocycles. The number of amides is 2. The molecule has 0 aromatic heterocycles. The van der Waals surface area contributed by atoms with E-state index in [1.54, 1.807) is 18.2 Å². The van der Waals surface area contributed by atoms with E-state index < -0.39 is 17.0 Å². The second-order valence-electron chi connectivity index (χ2n) is 6.45. The van der Waals surface area contributed by atoms with Crippen LogP contribution in [-0.2, 0) is 16.0 Å². The van der Waals surface area contributed by atoms with Crippen molar-refractivity contribution in [2.45, 2.75) is 25.0 Å². The first-order valence-corrected chi connectivity index (χ1v) is 10.2. The molecular weight excluding hydrogens is 389 g/mol. The quantitative estimate of drug-likeness (QED) is 0.681. The second kappa shape index (κ2) is 9.52. The lowest BCUT2D eigenvalue weighted by Gasteiger charge is -2.14. The van der Waals surface area contributed by atoms with Crippen LogP contribution in [0.5, 0.6) is 0 Å². The first-order chi connectivity index (χ1) is 14.0. The highest BCUT2D eigenvalue weighted by Gasteiger charge is 2.38. The van der Waals surface area contributed by atoms with Gasteiger partial charge in [0.05, 0.1) is 11.4 Å². The van der Waals surface area contributed by atoms with E-state index >= 15 is 0 Å². The average Bonchev–Trinajstić information content (AvgIpc) is 2.99. The Balaban J connectivity index is 1.78. The number of amidine groups is 1. The topological polar surface area (TPSA) is 61.8 Å². The van der Waals surface area contributed by atoms with E-state index in [0.29, 0.717) is 11.7 Å². The van der Waals surface area contributed by atoms with Crippen molar-refractivity contribution in [2.24, 2.45) is 4.99 Å². The molecule has 1 fully saturated rings. The maximum absolute atomic E-state index is 13.8. The predicted molar refractivity (Wildman–Crippen MR) is 116 cm³/mol. The molecule has 0 unspecified atom stereocenters. The number of hydrogen-bond donors (Lipinski definition) is 1. The number of halogens is 1. The van der Waals surface area contributed by atoms with E-state index in [-0.39, 0.29) is 18.0 Å². The van der Waals surface area contributed by atoms with Crippen LogP contribution < -0.4 is 5.32 Å². The summed E-state index contributed by atoms with van der Waals surface area (Å²) in [7, 11) is 0. The molecule has 3 rings (SSSR count). The van der Waals surface area contributed by atoms with Crippen LogP contribution in [0.1, 0.15) is 18.9 Å². The largest absolute Gasteiger partial charge is 0.324 e. The minimum absolute atomic E-state index is 0.0695. The molecule has 7 heteroatoms. The van der Waals surface area contributed by atoms with E-state index in [1.807, 2.05) is 31.2 Å². The fourth-order valence-corrected chi connectivity index (χ4v) is 4.14. The third kappa shape index (κ3) is 4.92. The molecule has 5 nitrogen and oxygen atoms in total. The Hall–Kier alpha value is -2.93. The van der Waals surface area contributed by atoms with E-state index in [0.717, 1.165) is 17.7 Å². The van der Waals surface area contributed by atoms with Gasteiger partial charge < -0.3 is 5.32 Å². The molecule has 29 heavy (non-hydrogen) atoms. The molecule has 1 atom stereocenters. The fraction of sp³-hybridized carbons (Fsp3) is 0.227. The van der Waals surface area contributed by atoms with E-state index in [4.69, 9.17) is 0 Å². The van der Waals surface area contributed by atoms with Gasteiger partial charge in [-0.2, -0.15) is 0 Å². The summed E-state index contributed by atoms with van der Waals surface area (Å²) in [5, 5.41) is 2.45. The molecule has 1 aliphatic rings. The normalized spacial score (nSPS) is 17.6. The zero-order chi connectivity index (χ0) is 20.8. The van der Waals surface area contributed by atoms with Crippen LogP contribution >= 0.6 is 11.8 Å². The Morgan fingerprint density at radius 1 is 1.28 bits per heavy atom. The highest BCUT2D eigenvalue weighted by molar-refractivity contribution is 8.15. The Labute approximate surface area is 173 Å². The van der Waals surface area contributed by atoms with Crippen LogP contribution in [0.3, 0.4) is 0 Å². The number of aryl methyl sites for hydroxylation is 1. The highest BCUT2D eigenvalue weighted by atomic mass is 32.2. The third-order valence-electron chi connectivity index (χ3n) is 4.44. The molecule has 0 aliphatic carbocycles. The SMILES string of the molecule is C=CCN1C(=O)[C@@H](CC(=O)Nc2ccccc2F)SC1=Nc1ccccc1CC. The summed E-state index contributed by atoms with van der Waals surface area (Å²) in [5.41, 5.74) is 1.98. The van der Waals surface area contributed by atoms with Crippen LogP contribution in [0.2, 0.25) is 0 Å². The molecule has 0 radical (unpaired) electrons. The summed E-state index contributed by atoms with van der Waals surface area (Å²) in [6.07, 6.45) is 2.38. The number of carbonyl (C=O) groups is 2. The lowest BCUT2D eigenvalue weighted by molar-refractivity contribution is -0.127. The predicted octanol–water partition coefficient (Wildman–Crippen LogP) is 4.53. The van der Waals surface area contributed by atoms with Gasteiger partial charge in [0.25, 0.3) is 0 Å². The maximum Gasteiger partial charge on any atom is 0.242 e. The van der Waals surface area contributed by atoms with Gasteiger partial charge in [0, 0.05) is 13.0 Å².